The molecule has 146 valence electrons. The number of sulfone groups is 1. The number of likely N-dealkylation sites (tertiary alicyclic amines) is 1. The summed E-state index contributed by atoms with van der Waals surface area (Å²) >= 11 is 0. The van der Waals surface area contributed by atoms with Crippen molar-refractivity contribution < 1.29 is 13.2 Å². The van der Waals surface area contributed by atoms with Gasteiger partial charge in [0.2, 0.25) is 5.91 Å². The van der Waals surface area contributed by atoms with Crippen LogP contribution in [0.5, 0.6) is 0 Å². The number of hydrogen-bond acceptors (Lipinski definition) is 5. The maximum atomic E-state index is 12.5. The number of nitrogens with zero attached hydrogens (tertiary/aromatic N) is 2. The molecule has 2 fully saturated rings. The van der Waals surface area contributed by atoms with Gasteiger partial charge >= 0.3 is 0 Å². The number of fused-ring (bicyclic) bond motifs is 1. The maximum absolute atomic E-state index is 12.5. The molecule has 0 spiro atoms. The smallest absolute Gasteiger partial charge is 0.223 e. The van der Waals surface area contributed by atoms with Gasteiger partial charge in [0.25, 0.3) is 0 Å². The number of carbonyl (C=O) groups is 1. The van der Waals surface area contributed by atoms with Crippen LogP contribution in [0.3, 0.4) is 0 Å². The van der Waals surface area contributed by atoms with Crippen molar-refractivity contribution in [2.24, 2.45) is 5.92 Å². The molecule has 1 aromatic heterocycles. The zero-order valence-electron chi connectivity index (χ0n) is 15.6. The van der Waals surface area contributed by atoms with Crippen molar-refractivity contribution in [3.63, 3.8) is 0 Å². The summed E-state index contributed by atoms with van der Waals surface area (Å²) in [6.07, 6.45) is 2.29. The fraction of sp³-hybridized carbons (Fsp3) is 0.579. The van der Waals surface area contributed by atoms with E-state index in [1.807, 2.05) is 25.1 Å². The number of imidazole rings is 1. The second-order valence-corrected chi connectivity index (χ2v) is 10.0. The third-order valence-electron chi connectivity index (χ3n) is 5.74. The average Bonchev–Trinajstić information content (AvgIpc) is 3.21. The van der Waals surface area contributed by atoms with E-state index in [0.717, 1.165) is 49.2 Å². The Morgan fingerprint density at radius 3 is 2.78 bits per heavy atom. The topological polar surface area (TPSA) is 95.2 Å². The molecule has 8 heteroatoms. The lowest BCUT2D eigenvalue weighted by molar-refractivity contribution is -0.126. The summed E-state index contributed by atoms with van der Waals surface area (Å²) in [5.74, 6) is 1.39. The molecule has 4 rings (SSSR count). The quantitative estimate of drug-likeness (QED) is 0.823. The minimum Gasteiger partial charge on any atom is -0.349 e. The van der Waals surface area contributed by atoms with Crippen molar-refractivity contribution in [3.8, 4) is 0 Å². The molecule has 1 atom stereocenters. The van der Waals surface area contributed by atoms with Crippen LogP contribution in [0.15, 0.2) is 18.2 Å². The summed E-state index contributed by atoms with van der Waals surface area (Å²) < 4.78 is 23.3. The number of hydrogen-bond donors (Lipinski definition) is 2. The van der Waals surface area contributed by atoms with Gasteiger partial charge in [-0.1, -0.05) is 6.07 Å². The normalized spacial score (nSPS) is 23.7. The molecule has 1 amide bonds. The highest BCUT2D eigenvalue weighted by atomic mass is 32.2. The van der Waals surface area contributed by atoms with Crippen molar-refractivity contribution in [1.82, 2.24) is 20.2 Å². The first kappa shape index (κ1) is 18.4. The summed E-state index contributed by atoms with van der Waals surface area (Å²) in [5, 5.41) is 2.99. The number of benzene rings is 1. The molecular weight excluding hydrogens is 364 g/mol. The molecule has 0 unspecified atom stereocenters. The highest BCUT2D eigenvalue weighted by molar-refractivity contribution is 7.91. The maximum Gasteiger partial charge on any atom is 0.223 e. The van der Waals surface area contributed by atoms with E-state index in [2.05, 4.69) is 20.2 Å². The third-order valence-corrected chi connectivity index (χ3v) is 7.49. The van der Waals surface area contributed by atoms with Gasteiger partial charge in [-0.3, -0.25) is 9.69 Å². The second-order valence-electron chi connectivity index (χ2n) is 7.79. The van der Waals surface area contributed by atoms with Gasteiger partial charge in [-0.15, -0.1) is 0 Å². The van der Waals surface area contributed by atoms with Gasteiger partial charge in [0.1, 0.15) is 5.82 Å². The molecule has 3 heterocycles. The van der Waals surface area contributed by atoms with Crippen LogP contribution in [0, 0.1) is 12.8 Å². The van der Waals surface area contributed by atoms with Crippen molar-refractivity contribution in [2.45, 2.75) is 38.8 Å². The molecule has 0 bridgehead atoms. The highest BCUT2D eigenvalue weighted by Crippen LogP contribution is 2.24. The average molecular weight is 391 g/mol. The lowest BCUT2D eigenvalue weighted by atomic mass is 9.94. The number of amides is 1. The van der Waals surface area contributed by atoms with Crippen molar-refractivity contribution in [2.75, 3.05) is 24.6 Å². The summed E-state index contributed by atoms with van der Waals surface area (Å²) in [5.41, 5.74) is 3.06. The van der Waals surface area contributed by atoms with Crippen molar-refractivity contribution in [3.05, 3.63) is 29.6 Å². The SMILES string of the molecule is Cc1ccc2nc(CNC(=O)C3CCN([C@H]4CCS(=O)(=O)C4)CC3)[nH]c2c1. The zero-order chi connectivity index (χ0) is 19.0. The minimum absolute atomic E-state index is 0.00844. The Bertz CT molecular complexity index is 945. The number of aryl methyl sites for hydroxylation is 1. The summed E-state index contributed by atoms with van der Waals surface area (Å²) in [6.45, 7) is 4.02. The predicted octanol–water partition coefficient (Wildman–Crippen LogP) is 1.39. The number of carbonyl (C=O) groups excluding carboxylic acids is 1. The molecule has 7 nitrogen and oxygen atoms in total. The summed E-state index contributed by atoms with van der Waals surface area (Å²) in [7, 11) is -2.86. The Hall–Kier alpha value is -1.93. The predicted molar refractivity (Wildman–Crippen MR) is 104 cm³/mol. The van der Waals surface area contributed by atoms with Gasteiger partial charge < -0.3 is 10.3 Å². The molecule has 0 saturated carbocycles. The van der Waals surface area contributed by atoms with E-state index in [9.17, 15) is 13.2 Å². The fourth-order valence-corrected chi connectivity index (χ4v) is 5.93. The molecule has 27 heavy (non-hydrogen) atoms. The number of H-pyrrole nitrogens is 1. The van der Waals surface area contributed by atoms with Gasteiger partial charge in [0.05, 0.1) is 29.1 Å². The Morgan fingerprint density at radius 1 is 1.30 bits per heavy atom. The van der Waals surface area contributed by atoms with Gasteiger partial charge in [0.15, 0.2) is 9.84 Å². The van der Waals surface area contributed by atoms with Crippen molar-refractivity contribution in [1.29, 1.82) is 0 Å². The van der Waals surface area contributed by atoms with E-state index in [1.165, 1.54) is 5.56 Å². The number of rotatable bonds is 4. The van der Waals surface area contributed by atoms with Crippen LogP contribution in [0.1, 0.15) is 30.7 Å². The molecule has 0 aliphatic carbocycles. The molecule has 2 aliphatic rings. The number of nitrogens with one attached hydrogen (secondary N) is 2. The van der Waals surface area contributed by atoms with Gasteiger partial charge in [0, 0.05) is 12.0 Å². The number of aromatic amines is 1. The van der Waals surface area contributed by atoms with E-state index in [0.29, 0.717) is 12.3 Å². The molecular formula is C19H26N4O3S. The first-order valence-corrected chi connectivity index (χ1v) is 11.4. The van der Waals surface area contributed by atoms with Gasteiger partial charge in [-0.05, 0) is 57.0 Å². The molecule has 2 N–H and O–H groups in total. The third kappa shape index (κ3) is 4.16. The van der Waals surface area contributed by atoms with E-state index in [-0.39, 0.29) is 23.6 Å². The van der Waals surface area contributed by atoms with Crippen LogP contribution in [0.2, 0.25) is 0 Å². The van der Waals surface area contributed by atoms with Crippen LogP contribution in [-0.4, -0.2) is 59.8 Å². The fourth-order valence-electron chi connectivity index (χ4n) is 4.17. The first-order chi connectivity index (χ1) is 12.9. The number of aromatic nitrogens is 2. The molecule has 2 aromatic rings. The lowest BCUT2D eigenvalue weighted by Crippen LogP contribution is -2.45. The molecule has 2 aliphatic heterocycles. The van der Waals surface area contributed by atoms with Crippen molar-refractivity contribution >= 4 is 26.8 Å². The molecule has 1 aromatic carbocycles. The van der Waals surface area contributed by atoms with Crippen LogP contribution in [0.4, 0.5) is 0 Å². The summed E-state index contributed by atoms with van der Waals surface area (Å²) in [4.78, 5) is 22.5. The van der Waals surface area contributed by atoms with E-state index in [1.54, 1.807) is 0 Å². The Labute approximate surface area is 159 Å². The van der Waals surface area contributed by atoms with Gasteiger partial charge in [-0.25, -0.2) is 13.4 Å². The van der Waals surface area contributed by atoms with Crippen LogP contribution < -0.4 is 5.32 Å². The Morgan fingerprint density at radius 2 is 2.07 bits per heavy atom. The zero-order valence-corrected chi connectivity index (χ0v) is 16.4. The van der Waals surface area contributed by atoms with E-state index >= 15 is 0 Å². The first-order valence-electron chi connectivity index (χ1n) is 9.57. The summed E-state index contributed by atoms with van der Waals surface area (Å²) in [6, 6.07) is 6.19. The van der Waals surface area contributed by atoms with E-state index in [4.69, 9.17) is 0 Å². The van der Waals surface area contributed by atoms with Crippen LogP contribution in [0.25, 0.3) is 11.0 Å². The molecule has 0 radical (unpaired) electrons. The minimum atomic E-state index is -2.86. The highest BCUT2D eigenvalue weighted by Gasteiger charge is 2.35. The number of piperidine rings is 1. The Kier molecular flexibility index (Phi) is 4.94. The lowest BCUT2D eigenvalue weighted by Gasteiger charge is -2.34. The van der Waals surface area contributed by atoms with Crippen LogP contribution >= 0.6 is 0 Å². The standard InChI is InChI=1S/C19H26N4O3S/c1-13-2-3-16-17(10-13)22-18(21-16)11-20-19(24)14-4-7-23(8-5-14)15-6-9-27(25,26)12-15/h2-3,10,14-15H,4-9,11-12H2,1H3,(H,20,24)(H,21,22)/t15-/m0/s1. The van der Waals surface area contributed by atoms with E-state index < -0.39 is 9.84 Å². The second kappa shape index (κ2) is 7.24. The monoisotopic (exact) mass is 390 g/mol. The molecule has 2 saturated heterocycles. The largest absolute Gasteiger partial charge is 0.349 e. The van der Waals surface area contributed by atoms with Crippen LogP contribution in [-0.2, 0) is 21.2 Å². The Balaban J connectivity index is 1.28. The van der Waals surface area contributed by atoms with Gasteiger partial charge in [-0.2, -0.15) is 0 Å².